The van der Waals surface area contributed by atoms with Gasteiger partial charge in [-0.05, 0) is 72.4 Å². The summed E-state index contributed by atoms with van der Waals surface area (Å²) >= 11 is 0. The van der Waals surface area contributed by atoms with E-state index in [1.165, 1.54) is 29.7 Å². The van der Waals surface area contributed by atoms with E-state index in [1.807, 2.05) is 6.08 Å². The minimum Gasteiger partial charge on any atom is -0.478 e. The Bertz CT molecular complexity index is 887. The number of hydrogen-bond acceptors (Lipinski definition) is 2. The lowest BCUT2D eigenvalue weighted by Crippen LogP contribution is -2.31. The van der Waals surface area contributed by atoms with Gasteiger partial charge in [0.25, 0.3) is 5.91 Å². The molecule has 0 aromatic heterocycles. The lowest BCUT2D eigenvalue weighted by molar-refractivity contribution is 0.0696. The highest BCUT2D eigenvalue weighted by Crippen LogP contribution is 2.52. The van der Waals surface area contributed by atoms with Gasteiger partial charge in [-0.1, -0.05) is 45.4 Å². The predicted octanol–water partition coefficient (Wildman–Crippen LogP) is 5.49. The first-order valence-corrected chi connectivity index (χ1v) is 9.93. The maximum Gasteiger partial charge on any atom is 0.335 e. The highest BCUT2D eigenvalue weighted by atomic mass is 16.4. The summed E-state index contributed by atoms with van der Waals surface area (Å²) in [6.07, 6.45) is 10.6. The lowest BCUT2D eigenvalue weighted by Gasteiger charge is -2.44. The maximum absolute atomic E-state index is 12.6. The van der Waals surface area contributed by atoms with Crippen molar-refractivity contribution in [1.82, 2.24) is 5.32 Å². The van der Waals surface area contributed by atoms with Gasteiger partial charge in [-0.3, -0.25) is 4.79 Å². The van der Waals surface area contributed by atoms with Gasteiger partial charge in [-0.15, -0.1) is 0 Å². The molecule has 2 aliphatic rings. The number of benzene rings is 1. The molecule has 4 nitrogen and oxygen atoms in total. The molecule has 2 aliphatic carbocycles. The minimum atomic E-state index is -1.00. The fourth-order valence-corrected chi connectivity index (χ4v) is 4.19. The van der Waals surface area contributed by atoms with Crippen LogP contribution in [-0.2, 0) is 0 Å². The van der Waals surface area contributed by atoms with Crippen molar-refractivity contribution in [2.24, 2.45) is 10.8 Å². The fourth-order valence-electron chi connectivity index (χ4n) is 4.19. The summed E-state index contributed by atoms with van der Waals surface area (Å²) in [5, 5.41) is 12.0. The summed E-state index contributed by atoms with van der Waals surface area (Å²) < 4.78 is 0. The molecule has 4 heteroatoms. The zero-order valence-electron chi connectivity index (χ0n) is 17.1. The number of carbonyl (C=O) groups is 2. The third kappa shape index (κ3) is 3.82. The van der Waals surface area contributed by atoms with Crippen LogP contribution in [0.25, 0.3) is 0 Å². The van der Waals surface area contributed by atoms with Crippen LogP contribution < -0.4 is 5.32 Å². The summed E-state index contributed by atoms with van der Waals surface area (Å²) in [7, 11) is 0. The van der Waals surface area contributed by atoms with Crippen molar-refractivity contribution in [3.05, 3.63) is 70.5 Å². The van der Waals surface area contributed by atoms with Crippen LogP contribution in [-0.4, -0.2) is 17.0 Å². The Kier molecular flexibility index (Phi) is 5.33. The molecule has 0 radical (unpaired) electrons. The van der Waals surface area contributed by atoms with E-state index in [4.69, 9.17) is 5.11 Å². The second kappa shape index (κ2) is 7.42. The molecule has 1 atom stereocenters. The van der Waals surface area contributed by atoms with Crippen LogP contribution in [0.2, 0.25) is 0 Å². The van der Waals surface area contributed by atoms with Crippen LogP contribution in [0.15, 0.2) is 59.3 Å². The zero-order valence-corrected chi connectivity index (χ0v) is 17.1. The molecule has 0 heterocycles. The van der Waals surface area contributed by atoms with Gasteiger partial charge in [-0.2, -0.15) is 0 Å². The van der Waals surface area contributed by atoms with Crippen molar-refractivity contribution in [2.45, 2.75) is 53.4 Å². The van der Waals surface area contributed by atoms with Gasteiger partial charge in [0.1, 0.15) is 0 Å². The average molecular weight is 380 g/mol. The lowest BCUT2D eigenvalue weighted by atomic mass is 9.61. The number of rotatable bonds is 4. The Hall–Kier alpha value is -2.62. The Morgan fingerprint density at radius 2 is 1.68 bits per heavy atom. The molecule has 0 saturated carbocycles. The standard InChI is InChI=1S/C24H29NO3/c1-5-24(4)15-14-23(2,3)19-12-10-18(11-13-20(19)24)25-21(26)16-6-8-17(9-7-16)22(27)28/h6-12H,5,13-15H2,1-4H3,(H,25,26)(H,27,28). The smallest absolute Gasteiger partial charge is 0.335 e. The van der Waals surface area contributed by atoms with E-state index >= 15 is 0 Å². The molecular formula is C24H29NO3. The van der Waals surface area contributed by atoms with E-state index in [2.05, 4.69) is 45.2 Å². The number of hydrogen-bond donors (Lipinski definition) is 2. The minimum absolute atomic E-state index is 0.139. The molecule has 3 rings (SSSR count). The number of carboxylic acid groups (broad SMARTS) is 1. The van der Waals surface area contributed by atoms with E-state index in [0.717, 1.165) is 25.0 Å². The summed E-state index contributed by atoms with van der Waals surface area (Å²) in [5.74, 6) is -1.23. The highest BCUT2D eigenvalue weighted by Gasteiger charge is 2.39. The number of carbonyl (C=O) groups excluding carboxylic acids is 1. The summed E-state index contributed by atoms with van der Waals surface area (Å²) in [4.78, 5) is 23.6. The third-order valence-electron chi connectivity index (χ3n) is 6.47. The molecule has 0 bridgehead atoms. The third-order valence-corrected chi connectivity index (χ3v) is 6.47. The Morgan fingerprint density at radius 1 is 1.04 bits per heavy atom. The van der Waals surface area contributed by atoms with Crippen molar-refractivity contribution in [1.29, 1.82) is 0 Å². The van der Waals surface area contributed by atoms with Gasteiger partial charge < -0.3 is 10.4 Å². The highest BCUT2D eigenvalue weighted by molar-refractivity contribution is 5.97. The summed E-state index contributed by atoms with van der Waals surface area (Å²) in [6.45, 7) is 9.21. The van der Waals surface area contributed by atoms with Gasteiger partial charge in [-0.25, -0.2) is 4.79 Å². The monoisotopic (exact) mass is 379 g/mol. The Labute approximate surface area is 167 Å². The van der Waals surface area contributed by atoms with Crippen LogP contribution in [0.5, 0.6) is 0 Å². The number of allylic oxidation sites excluding steroid dienone is 5. The van der Waals surface area contributed by atoms with E-state index in [-0.39, 0.29) is 22.3 Å². The molecule has 2 N–H and O–H groups in total. The van der Waals surface area contributed by atoms with Crippen molar-refractivity contribution in [3.63, 3.8) is 0 Å². The van der Waals surface area contributed by atoms with E-state index in [9.17, 15) is 9.59 Å². The van der Waals surface area contributed by atoms with Crippen LogP contribution >= 0.6 is 0 Å². The Morgan fingerprint density at radius 3 is 2.29 bits per heavy atom. The quantitative estimate of drug-likeness (QED) is 0.727. The molecule has 1 amide bonds. The molecule has 1 unspecified atom stereocenters. The van der Waals surface area contributed by atoms with Crippen LogP contribution in [0.3, 0.4) is 0 Å². The van der Waals surface area contributed by atoms with Crippen LogP contribution in [0, 0.1) is 10.8 Å². The molecule has 0 fully saturated rings. The SMILES string of the molecule is CCC1(C)CCC(C)(C)C2=C1CC=C(NC(=O)c1ccc(C(=O)O)cc1)C=C2. The molecule has 28 heavy (non-hydrogen) atoms. The van der Waals surface area contributed by atoms with Crippen LogP contribution in [0.4, 0.5) is 0 Å². The fraction of sp³-hybridized carbons (Fsp3) is 0.417. The zero-order chi connectivity index (χ0) is 20.5. The van der Waals surface area contributed by atoms with Gasteiger partial charge in [0.05, 0.1) is 5.56 Å². The first-order valence-electron chi connectivity index (χ1n) is 9.93. The largest absolute Gasteiger partial charge is 0.478 e. The number of amides is 1. The van der Waals surface area contributed by atoms with E-state index in [1.54, 1.807) is 12.1 Å². The second-order valence-electron chi connectivity index (χ2n) is 8.72. The summed E-state index contributed by atoms with van der Waals surface area (Å²) in [5.41, 5.74) is 4.63. The topological polar surface area (TPSA) is 66.4 Å². The molecule has 0 spiro atoms. The van der Waals surface area contributed by atoms with Gasteiger partial charge in [0.15, 0.2) is 0 Å². The molecule has 0 saturated heterocycles. The van der Waals surface area contributed by atoms with Gasteiger partial charge in [0, 0.05) is 11.3 Å². The number of carboxylic acids is 1. The Balaban J connectivity index is 1.81. The van der Waals surface area contributed by atoms with Crippen molar-refractivity contribution in [2.75, 3.05) is 0 Å². The summed E-state index contributed by atoms with van der Waals surface area (Å²) in [6, 6.07) is 5.98. The number of nitrogens with one attached hydrogen (secondary N) is 1. The molecule has 0 aliphatic heterocycles. The maximum atomic E-state index is 12.6. The van der Waals surface area contributed by atoms with Crippen LogP contribution in [0.1, 0.15) is 74.1 Å². The number of aromatic carboxylic acids is 1. The molecule has 148 valence electrons. The van der Waals surface area contributed by atoms with Crippen molar-refractivity contribution < 1.29 is 14.7 Å². The first-order chi connectivity index (χ1) is 13.2. The first kappa shape index (κ1) is 20.1. The molecular weight excluding hydrogens is 350 g/mol. The van der Waals surface area contributed by atoms with Gasteiger partial charge in [0.2, 0.25) is 0 Å². The second-order valence-corrected chi connectivity index (χ2v) is 8.72. The van der Waals surface area contributed by atoms with E-state index < -0.39 is 5.97 Å². The predicted molar refractivity (Wildman–Crippen MR) is 111 cm³/mol. The normalized spacial score (nSPS) is 23.5. The average Bonchev–Trinajstić information content (AvgIpc) is 2.89. The van der Waals surface area contributed by atoms with Crippen molar-refractivity contribution in [3.8, 4) is 0 Å². The van der Waals surface area contributed by atoms with Crippen molar-refractivity contribution >= 4 is 11.9 Å². The molecule has 1 aromatic carbocycles. The van der Waals surface area contributed by atoms with Gasteiger partial charge >= 0.3 is 5.97 Å². The molecule has 1 aromatic rings. The van der Waals surface area contributed by atoms with E-state index in [0.29, 0.717) is 5.56 Å².